The number of pyridine rings is 1. The number of piperidine rings is 1. The van der Waals surface area contributed by atoms with Gasteiger partial charge in [0.05, 0.1) is 13.2 Å². The van der Waals surface area contributed by atoms with Gasteiger partial charge in [0.15, 0.2) is 10.8 Å². The summed E-state index contributed by atoms with van der Waals surface area (Å²) in [5.41, 5.74) is 0. The van der Waals surface area contributed by atoms with Gasteiger partial charge < -0.3 is 9.47 Å². The van der Waals surface area contributed by atoms with E-state index in [1.165, 1.54) is 16.6 Å². The predicted molar refractivity (Wildman–Crippen MR) is 66.9 cm³/mol. The normalized spacial score (nSPS) is 23.8. The van der Waals surface area contributed by atoms with Gasteiger partial charge in [0.25, 0.3) is 10.0 Å². The monoisotopic (exact) mass is 284 g/mol. The number of hydrogen-bond donors (Lipinski definition) is 0. The van der Waals surface area contributed by atoms with Crippen molar-refractivity contribution in [2.75, 3.05) is 26.3 Å². The van der Waals surface area contributed by atoms with E-state index in [1.807, 2.05) is 0 Å². The van der Waals surface area contributed by atoms with Gasteiger partial charge in [-0.15, -0.1) is 0 Å². The molecule has 0 N–H and O–H groups in total. The molecule has 3 rings (SSSR count). The van der Waals surface area contributed by atoms with Gasteiger partial charge >= 0.3 is 0 Å². The summed E-state index contributed by atoms with van der Waals surface area (Å²) in [6.07, 6.45) is 2.62. The molecule has 2 saturated heterocycles. The Morgan fingerprint density at radius 2 is 1.84 bits per heavy atom. The Bertz CT molecular complexity index is 530. The highest BCUT2D eigenvalue weighted by atomic mass is 32.2. The lowest BCUT2D eigenvalue weighted by atomic mass is 10.1. The topological polar surface area (TPSA) is 68.7 Å². The van der Waals surface area contributed by atoms with Crippen LogP contribution in [0.2, 0.25) is 0 Å². The van der Waals surface area contributed by atoms with Crippen LogP contribution in [-0.4, -0.2) is 49.8 Å². The third-order valence-corrected chi connectivity index (χ3v) is 5.35. The predicted octanol–water partition coefficient (Wildman–Crippen LogP) is 0.609. The second-order valence-corrected chi connectivity index (χ2v) is 6.56. The number of nitrogens with zero attached hydrogens (tertiary/aromatic N) is 2. The van der Waals surface area contributed by atoms with E-state index >= 15 is 0 Å². The van der Waals surface area contributed by atoms with Crippen molar-refractivity contribution in [1.82, 2.24) is 9.29 Å². The molecule has 2 aliphatic rings. The molecule has 19 heavy (non-hydrogen) atoms. The van der Waals surface area contributed by atoms with Crippen LogP contribution in [0, 0.1) is 0 Å². The highest BCUT2D eigenvalue weighted by molar-refractivity contribution is 7.89. The van der Waals surface area contributed by atoms with Crippen molar-refractivity contribution in [2.24, 2.45) is 0 Å². The lowest BCUT2D eigenvalue weighted by Crippen LogP contribution is -2.47. The SMILES string of the molecule is O=S(=O)(c1ccccn1)N1CCC2(CC1)OCCO2. The Hall–Kier alpha value is -1.02. The summed E-state index contributed by atoms with van der Waals surface area (Å²) in [5, 5.41) is 0.0965. The van der Waals surface area contributed by atoms with Crippen LogP contribution in [0.4, 0.5) is 0 Å². The Balaban J connectivity index is 1.74. The van der Waals surface area contributed by atoms with Gasteiger partial charge in [0.2, 0.25) is 0 Å². The van der Waals surface area contributed by atoms with E-state index in [0.717, 1.165) is 0 Å². The molecule has 6 nitrogen and oxygen atoms in total. The molecule has 0 aromatic carbocycles. The first kappa shape index (κ1) is 13.0. The van der Waals surface area contributed by atoms with Crippen molar-refractivity contribution < 1.29 is 17.9 Å². The fourth-order valence-electron chi connectivity index (χ4n) is 2.48. The molecular weight excluding hydrogens is 268 g/mol. The molecule has 0 saturated carbocycles. The second-order valence-electron chi connectivity index (χ2n) is 4.68. The third kappa shape index (κ3) is 2.38. The molecule has 2 fully saturated rings. The van der Waals surface area contributed by atoms with E-state index in [2.05, 4.69) is 4.98 Å². The summed E-state index contributed by atoms with van der Waals surface area (Å²) in [4.78, 5) is 3.92. The lowest BCUT2D eigenvalue weighted by Gasteiger charge is -2.36. The van der Waals surface area contributed by atoms with Crippen molar-refractivity contribution in [2.45, 2.75) is 23.7 Å². The van der Waals surface area contributed by atoms with Crippen molar-refractivity contribution in [3.05, 3.63) is 24.4 Å². The summed E-state index contributed by atoms with van der Waals surface area (Å²) in [7, 11) is -3.50. The standard InChI is InChI=1S/C12H16N2O4S/c15-19(16,11-3-1-2-6-13-11)14-7-4-12(5-8-14)17-9-10-18-12/h1-3,6H,4-5,7-10H2. The molecule has 0 unspecified atom stereocenters. The molecule has 0 radical (unpaired) electrons. The molecule has 2 aliphatic heterocycles. The molecule has 0 amide bonds. The molecule has 1 spiro atoms. The van der Waals surface area contributed by atoms with Gasteiger partial charge in [-0.1, -0.05) is 6.07 Å². The largest absolute Gasteiger partial charge is 0.347 e. The average molecular weight is 284 g/mol. The molecule has 104 valence electrons. The summed E-state index contributed by atoms with van der Waals surface area (Å²) in [5.74, 6) is -0.559. The first-order valence-electron chi connectivity index (χ1n) is 6.32. The third-order valence-electron chi connectivity index (χ3n) is 3.54. The summed E-state index contributed by atoms with van der Waals surface area (Å²) < 4.78 is 37.4. The van der Waals surface area contributed by atoms with Crippen molar-refractivity contribution in [1.29, 1.82) is 0 Å². The van der Waals surface area contributed by atoms with Gasteiger partial charge in [-0.2, -0.15) is 4.31 Å². The van der Waals surface area contributed by atoms with Crippen LogP contribution in [0.15, 0.2) is 29.4 Å². The molecule has 0 aliphatic carbocycles. The van der Waals surface area contributed by atoms with Crippen molar-refractivity contribution in [3.8, 4) is 0 Å². The molecule has 0 bridgehead atoms. The first-order valence-corrected chi connectivity index (χ1v) is 7.76. The maximum absolute atomic E-state index is 12.4. The average Bonchev–Trinajstić information content (AvgIpc) is 2.89. The highest BCUT2D eigenvalue weighted by Crippen LogP contribution is 2.32. The Morgan fingerprint density at radius 3 is 2.42 bits per heavy atom. The number of aromatic nitrogens is 1. The number of sulfonamides is 1. The number of hydrogen-bond acceptors (Lipinski definition) is 5. The highest BCUT2D eigenvalue weighted by Gasteiger charge is 2.42. The zero-order chi connectivity index (χ0) is 13.3. The fourth-order valence-corrected chi connectivity index (χ4v) is 3.86. The van der Waals surface area contributed by atoms with Gasteiger partial charge in [-0.3, -0.25) is 0 Å². The van der Waals surface area contributed by atoms with E-state index in [-0.39, 0.29) is 5.03 Å². The first-order chi connectivity index (χ1) is 9.12. The summed E-state index contributed by atoms with van der Waals surface area (Å²) in [6, 6.07) is 4.89. The van der Waals surface area contributed by atoms with Gasteiger partial charge in [0, 0.05) is 32.1 Å². The van der Waals surface area contributed by atoms with E-state index in [9.17, 15) is 8.42 Å². The summed E-state index contributed by atoms with van der Waals surface area (Å²) >= 11 is 0. The quantitative estimate of drug-likeness (QED) is 0.796. The van der Waals surface area contributed by atoms with Crippen LogP contribution >= 0.6 is 0 Å². The van der Waals surface area contributed by atoms with Gasteiger partial charge in [-0.25, -0.2) is 13.4 Å². The van der Waals surface area contributed by atoms with Crippen molar-refractivity contribution in [3.63, 3.8) is 0 Å². The summed E-state index contributed by atoms with van der Waals surface area (Å²) in [6.45, 7) is 1.98. The van der Waals surface area contributed by atoms with Gasteiger partial charge in [0.1, 0.15) is 0 Å². The van der Waals surface area contributed by atoms with Crippen molar-refractivity contribution >= 4 is 10.0 Å². The van der Waals surface area contributed by atoms with Crippen LogP contribution in [0.3, 0.4) is 0 Å². The Labute approximate surface area is 112 Å². The van der Waals surface area contributed by atoms with E-state index in [4.69, 9.17) is 9.47 Å². The van der Waals surface area contributed by atoms with Crippen LogP contribution < -0.4 is 0 Å². The zero-order valence-electron chi connectivity index (χ0n) is 10.5. The molecular formula is C12H16N2O4S. The zero-order valence-corrected chi connectivity index (χ0v) is 11.3. The lowest BCUT2D eigenvalue weighted by molar-refractivity contribution is -0.179. The second kappa shape index (κ2) is 4.82. The minimum atomic E-state index is -3.50. The number of rotatable bonds is 2. The van der Waals surface area contributed by atoms with Crippen LogP contribution in [0.1, 0.15) is 12.8 Å². The molecule has 1 aromatic heterocycles. The van der Waals surface area contributed by atoms with Crippen LogP contribution in [0.25, 0.3) is 0 Å². The molecule has 3 heterocycles. The maximum Gasteiger partial charge on any atom is 0.260 e. The molecule has 7 heteroatoms. The molecule has 0 atom stereocenters. The van der Waals surface area contributed by atoms with E-state index < -0.39 is 15.8 Å². The number of ether oxygens (including phenoxy) is 2. The molecule has 1 aromatic rings. The van der Waals surface area contributed by atoms with Crippen LogP contribution in [-0.2, 0) is 19.5 Å². The minimum Gasteiger partial charge on any atom is -0.347 e. The van der Waals surface area contributed by atoms with E-state index in [1.54, 1.807) is 12.1 Å². The van der Waals surface area contributed by atoms with Gasteiger partial charge in [-0.05, 0) is 12.1 Å². The Morgan fingerprint density at radius 1 is 1.16 bits per heavy atom. The van der Waals surface area contributed by atoms with E-state index in [0.29, 0.717) is 39.1 Å². The smallest absolute Gasteiger partial charge is 0.260 e. The maximum atomic E-state index is 12.4. The minimum absolute atomic E-state index is 0.0965. The fraction of sp³-hybridized carbons (Fsp3) is 0.583. The van der Waals surface area contributed by atoms with Crippen LogP contribution in [0.5, 0.6) is 0 Å². The Kier molecular flexibility index (Phi) is 3.30.